The fourth-order valence-corrected chi connectivity index (χ4v) is 2.52. The Bertz CT molecular complexity index is 151. The first kappa shape index (κ1) is 8.87. The van der Waals surface area contributed by atoms with Crippen molar-refractivity contribution in [3.05, 3.63) is 0 Å². The summed E-state index contributed by atoms with van der Waals surface area (Å²) in [6.45, 7) is 0. The zero-order chi connectivity index (χ0) is 8.27. The van der Waals surface area contributed by atoms with E-state index in [2.05, 4.69) is 0 Å². The summed E-state index contributed by atoms with van der Waals surface area (Å²) in [4.78, 5) is 10.3. The second kappa shape index (κ2) is 3.97. The summed E-state index contributed by atoms with van der Waals surface area (Å²) in [5.41, 5.74) is 5.75. The van der Waals surface area contributed by atoms with Crippen molar-refractivity contribution in [3.8, 4) is 0 Å². The molecule has 0 radical (unpaired) electrons. The van der Waals surface area contributed by atoms with Crippen LogP contribution >= 0.6 is 11.8 Å². The van der Waals surface area contributed by atoms with Crippen LogP contribution in [-0.4, -0.2) is 28.6 Å². The average Bonchev–Trinajstić information content (AvgIpc) is 1.93. The Hall–Kier alpha value is -0.220. The molecule has 0 aromatic heterocycles. The smallest absolute Gasteiger partial charge is 0.303 e. The Morgan fingerprint density at radius 2 is 2.45 bits per heavy atom. The number of hydrogen-bond donors (Lipinski definition) is 2. The molecule has 1 heterocycles. The van der Waals surface area contributed by atoms with Crippen molar-refractivity contribution in [3.63, 3.8) is 0 Å². The summed E-state index contributed by atoms with van der Waals surface area (Å²) in [7, 11) is 0. The van der Waals surface area contributed by atoms with E-state index in [1.54, 1.807) is 11.8 Å². The molecular formula is C7H13NO2S. The summed E-state index contributed by atoms with van der Waals surface area (Å²) >= 11 is 1.81. The van der Waals surface area contributed by atoms with Crippen LogP contribution in [0.1, 0.15) is 12.8 Å². The molecule has 1 aliphatic heterocycles. The Morgan fingerprint density at radius 3 is 3.00 bits per heavy atom. The van der Waals surface area contributed by atoms with Crippen molar-refractivity contribution >= 4 is 17.7 Å². The summed E-state index contributed by atoms with van der Waals surface area (Å²) < 4.78 is 0. The van der Waals surface area contributed by atoms with Gasteiger partial charge in [-0.05, 0) is 23.8 Å². The Morgan fingerprint density at radius 1 is 1.73 bits per heavy atom. The molecule has 3 N–H and O–H groups in total. The van der Waals surface area contributed by atoms with E-state index >= 15 is 0 Å². The SMILES string of the molecule is N[C@H]1CCSC[C@H]1CC(=O)O. The number of carbonyl (C=O) groups is 1. The second-order valence-electron chi connectivity index (χ2n) is 2.89. The molecule has 0 aliphatic carbocycles. The normalized spacial score (nSPS) is 31.7. The van der Waals surface area contributed by atoms with Crippen LogP contribution in [0.15, 0.2) is 0 Å². The molecule has 0 bridgehead atoms. The van der Waals surface area contributed by atoms with Crippen LogP contribution in [0, 0.1) is 5.92 Å². The van der Waals surface area contributed by atoms with Gasteiger partial charge in [0.1, 0.15) is 0 Å². The Balaban J connectivity index is 2.35. The molecule has 0 unspecified atom stereocenters. The zero-order valence-electron chi connectivity index (χ0n) is 6.32. The molecule has 11 heavy (non-hydrogen) atoms. The van der Waals surface area contributed by atoms with Gasteiger partial charge in [-0.15, -0.1) is 0 Å². The third-order valence-corrected chi connectivity index (χ3v) is 3.16. The van der Waals surface area contributed by atoms with Crippen molar-refractivity contribution in [1.29, 1.82) is 0 Å². The maximum Gasteiger partial charge on any atom is 0.303 e. The zero-order valence-corrected chi connectivity index (χ0v) is 7.14. The Labute approximate surface area is 70.3 Å². The number of aliphatic carboxylic acids is 1. The highest BCUT2D eigenvalue weighted by Gasteiger charge is 2.23. The third kappa shape index (κ3) is 2.71. The number of carboxylic acid groups (broad SMARTS) is 1. The molecule has 0 amide bonds. The van der Waals surface area contributed by atoms with E-state index in [1.807, 2.05) is 0 Å². The van der Waals surface area contributed by atoms with E-state index in [4.69, 9.17) is 10.8 Å². The van der Waals surface area contributed by atoms with E-state index in [1.165, 1.54) is 0 Å². The van der Waals surface area contributed by atoms with Crippen molar-refractivity contribution in [2.24, 2.45) is 11.7 Å². The molecule has 1 saturated heterocycles. The van der Waals surface area contributed by atoms with Crippen molar-refractivity contribution in [1.82, 2.24) is 0 Å². The van der Waals surface area contributed by atoms with Crippen molar-refractivity contribution in [2.75, 3.05) is 11.5 Å². The molecular weight excluding hydrogens is 162 g/mol. The average molecular weight is 175 g/mol. The first-order chi connectivity index (χ1) is 5.20. The molecule has 0 aromatic rings. The van der Waals surface area contributed by atoms with Gasteiger partial charge in [0.15, 0.2) is 0 Å². The number of carboxylic acids is 1. The van der Waals surface area contributed by atoms with Crippen LogP contribution < -0.4 is 5.73 Å². The lowest BCUT2D eigenvalue weighted by molar-refractivity contribution is -0.138. The highest BCUT2D eigenvalue weighted by atomic mass is 32.2. The predicted octanol–water partition coefficient (Wildman–Crippen LogP) is 0.541. The molecule has 64 valence electrons. The molecule has 0 saturated carbocycles. The highest BCUT2D eigenvalue weighted by molar-refractivity contribution is 7.99. The van der Waals surface area contributed by atoms with Gasteiger partial charge in [0.2, 0.25) is 0 Å². The molecule has 1 aliphatic rings. The Kier molecular flexibility index (Phi) is 3.20. The van der Waals surface area contributed by atoms with Gasteiger partial charge >= 0.3 is 5.97 Å². The minimum Gasteiger partial charge on any atom is -0.481 e. The third-order valence-electron chi connectivity index (χ3n) is 1.97. The van der Waals surface area contributed by atoms with Crippen molar-refractivity contribution < 1.29 is 9.90 Å². The van der Waals surface area contributed by atoms with E-state index in [0.29, 0.717) is 0 Å². The topological polar surface area (TPSA) is 63.3 Å². The number of hydrogen-bond acceptors (Lipinski definition) is 3. The molecule has 4 heteroatoms. The van der Waals surface area contributed by atoms with Crippen LogP contribution in [0.25, 0.3) is 0 Å². The first-order valence-corrected chi connectivity index (χ1v) is 4.90. The van der Waals surface area contributed by atoms with Gasteiger partial charge in [-0.3, -0.25) is 4.79 Å². The minimum absolute atomic E-state index is 0.104. The minimum atomic E-state index is -0.729. The van der Waals surface area contributed by atoms with Gasteiger partial charge in [-0.1, -0.05) is 0 Å². The summed E-state index contributed by atoms with van der Waals surface area (Å²) in [5.74, 6) is 1.45. The highest BCUT2D eigenvalue weighted by Crippen LogP contribution is 2.24. The van der Waals surface area contributed by atoms with Crippen LogP contribution in [-0.2, 0) is 4.79 Å². The van der Waals surface area contributed by atoms with Crippen LogP contribution in [0.2, 0.25) is 0 Å². The van der Waals surface area contributed by atoms with Crippen molar-refractivity contribution in [2.45, 2.75) is 18.9 Å². The van der Waals surface area contributed by atoms with E-state index in [9.17, 15) is 4.79 Å². The molecule has 1 rings (SSSR count). The molecule has 2 atom stereocenters. The molecule has 0 spiro atoms. The molecule has 3 nitrogen and oxygen atoms in total. The lowest BCUT2D eigenvalue weighted by Gasteiger charge is -2.26. The largest absolute Gasteiger partial charge is 0.481 e. The second-order valence-corrected chi connectivity index (χ2v) is 4.04. The van der Waals surface area contributed by atoms with Gasteiger partial charge in [0.05, 0.1) is 6.42 Å². The summed E-state index contributed by atoms with van der Waals surface area (Å²) in [6.07, 6.45) is 1.19. The molecule has 1 fully saturated rings. The van der Waals surface area contributed by atoms with E-state index in [-0.39, 0.29) is 18.4 Å². The van der Waals surface area contributed by atoms with E-state index < -0.39 is 5.97 Å². The van der Waals surface area contributed by atoms with Gasteiger partial charge in [-0.2, -0.15) is 11.8 Å². The maximum atomic E-state index is 10.3. The van der Waals surface area contributed by atoms with Crippen LogP contribution in [0.4, 0.5) is 0 Å². The molecule has 0 aromatic carbocycles. The van der Waals surface area contributed by atoms with Crippen LogP contribution in [0.5, 0.6) is 0 Å². The van der Waals surface area contributed by atoms with Gasteiger partial charge in [0, 0.05) is 6.04 Å². The standard InChI is InChI=1S/C7H13NO2S/c8-6-1-2-11-4-5(6)3-7(9)10/h5-6H,1-4,8H2,(H,9,10)/t5-,6+/m1/s1. The van der Waals surface area contributed by atoms with Gasteiger partial charge < -0.3 is 10.8 Å². The predicted molar refractivity (Wildman–Crippen MR) is 45.7 cm³/mol. The lowest BCUT2D eigenvalue weighted by Crippen LogP contribution is -2.36. The fourth-order valence-electron chi connectivity index (χ4n) is 1.25. The monoisotopic (exact) mass is 175 g/mol. The van der Waals surface area contributed by atoms with Crippen LogP contribution in [0.3, 0.4) is 0 Å². The van der Waals surface area contributed by atoms with E-state index in [0.717, 1.165) is 17.9 Å². The number of thioether (sulfide) groups is 1. The van der Waals surface area contributed by atoms with Gasteiger partial charge in [0.25, 0.3) is 0 Å². The first-order valence-electron chi connectivity index (χ1n) is 3.75. The van der Waals surface area contributed by atoms with Gasteiger partial charge in [-0.25, -0.2) is 0 Å². The maximum absolute atomic E-state index is 10.3. The summed E-state index contributed by atoms with van der Waals surface area (Å²) in [6, 6.07) is 0.104. The summed E-state index contributed by atoms with van der Waals surface area (Å²) in [5, 5.41) is 8.52. The fraction of sp³-hybridized carbons (Fsp3) is 0.857. The quantitative estimate of drug-likeness (QED) is 0.643. The number of rotatable bonds is 2. The number of nitrogens with two attached hydrogens (primary N) is 1. The lowest BCUT2D eigenvalue weighted by atomic mass is 9.96.